The van der Waals surface area contributed by atoms with Gasteiger partial charge in [0.05, 0.1) is 12.8 Å². The number of rotatable bonds is 4. The minimum absolute atomic E-state index is 0.502. The van der Waals surface area contributed by atoms with Crippen LogP contribution in [0.3, 0.4) is 0 Å². The van der Waals surface area contributed by atoms with Crippen molar-refractivity contribution in [3.05, 3.63) is 53.3 Å². The van der Waals surface area contributed by atoms with Gasteiger partial charge in [-0.25, -0.2) is 0 Å². The van der Waals surface area contributed by atoms with E-state index in [0.29, 0.717) is 22.4 Å². The molecule has 2 rings (SSSR count). The molecule has 0 spiro atoms. The third-order valence-corrected chi connectivity index (χ3v) is 3.09. The topological polar surface area (TPSA) is 46.2 Å². The zero-order valence-corrected chi connectivity index (χ0v) is 12.5. The summed E-state index contributed by atoms with van der Waals surface area (Å²) in [5, 5.41) is 7.30. The second kappa shape index (κ2) is 7.07. The maximum atomic E-state index is 5.96. The molecule has 2 aromatic rings. The zero-order valence-electron chi connectivity index (χ0n) is 10.9. The highest BCUT2D eigenvalue weighted by Crippen LogP contribution is 2.27. The molecule has 20 heavy (non-hydrogen) atoms. The number of hydrogen-bond donors (Lipinski definition) is 2. The van der Waals surface area contributed by atoms with Crippen LogP contribution in [0.1, 0.15) is 5.56 Å². The molecule has 0 aliphatic carbocycles. The smallest absolute Gasteiger partial charge is 0.171 e. The lowest BCUT2D eigenvalue weighted by Crippen LogP contribution is -2.28. The van der Waals surface area contributed by atoms with E-state index in [1.54, 1.807) is 37.7 Å². The van der Waals surface area contributed by atoms with E-state index in [-0.39, 0.29) is 0 Å². The SMILES string of the molecule is COc1ccc(Cl)cc1NC(=S)NCc1ccncc1. The molecular weight excluding hydrogens is 294 g/mol. The fourth-order valence-corrected chi connectivity index (χ4v) is 1.98. The van der Waals surface area contributed by atoms with Crippen LogP contribution in [0.25, 0.3) is 0 Å². The van der Waals surface area contributed by atoms with Crippen LogP contribution in [0.2, 0.25) is 5.02 Å². The lowest BCUT2D eigenvalue weighted by atomic mass is 10.3. The van der Waals surface area contributed by atoms with Gasteiger partial charge < -0.3 is 15.4 Å². The second-order valence-electron chi connectivity index (χ2n) is 4.01. The van der Waals surface area contributed by atoms with Crippen molar-refractivity contribution in [2.75, 3.05) is 12.4 Å². The van der Waals surface area contributed by atoms with E-state index in [1.165, 1.54) is 0 Å². The molecule has 104 valence electrons. The maximum absolute atomic E-state index is 5.96. The Morgan fingerprint density at radius 2 is 2.05 bits per heavy atom. The van der Waals surface area contributed by atoms with Gasteiger partial charge in [-0.05, 0) is 48.1 Å². The van der Waals surface area contributed by atoms with Crippen molar-refractivity contribution in [1.29, 1.82) is 0 Å². The summed E-state index contributed by atoms with van der Waals surface area (Å²) in [6.45, 7) is 0.622. The first-order valence-electron chi connectivity index (χ1n) is 5.96. The average Bonchev–Trinajstić information content (AvgIpc) is 2.46. The molecule has 0 bridgehead atoms. The van der Waals surface area contributed by atoms with Crippen molar-refractivity contribution < 1.29 is 4.74 Å². The quantitative estimate of drug-likeness (QED) is 0.849. The van der Waals surface area contributed by atoms with Gasteiger partial charge in [-0.15, -0.1) is 0 Å². The van der Waals surface area contributed by atoms with Crippen molar-refractivity contribution in [2.24, 2.45) is 0 Å². The standard InChI is InChI=1S/C14H14ClN3OS/c1-19-13-3-2-11(15)8-12(13)18-14(20)17-9-10-4-6-16-7-5-10/h2-8H,9H2,1H3,(H2,17,18,20). The van der Waals surface area contributed by atoms with E-state index < -0.39 is 0 Å². The highest BCUT2D eigenvalue weighted by molar-refractivity contribution is 7.80. The normalized spacial score (nSPS) is 9.90. The highest BCUT2D eigenvalue weighted by atomic mass is 35.5. The summed E-state index contributed by atoms with van der Waals surface area (Å²) in [7, 11) is 1.60. The minimum Gasteiger partial charge on any atom is -0.495 e. The Kier molecular flexibility index (Phi) is 5.15. The lowest BCUT2D eigenvalue weighted by molar-refractivity contribution is 0.417. The summed E-state index contributed by atoms with van der Waals surface area (Å²) in [5.41, 5.74) is 1.83. The fraction of sp³-hybridized carbons (Fsp3) is 0.143. The van der Waals surface area contributed by atoms with Crippen molar-refractivity contribution in [3.8, 4) is 5.75 Å². The molecule has 0 aliphatic rings. The molecule has 0 aliphatic heterocycles. The van der Waals surface area contributed by atoms with Crippen LogP contribution in [0.5, 0.6) is 5.75 Å². The molecule has 0 saturated heterocycles. The second-order valence-corrected chi connectivity index (χ2v) is 4.85. The first-order chi connectivity index (χ1) is 9.69. The van der Waals surface area contributed by atoms with E-state index in [4.69, 9.17) is 28.6 Å². The van der Waals surface area contributed by atoms with Crippen molar-refractivity contribution in [3.63, 3.8) is 0 Å². The Morgan fingerprint density at radius 3 is 2.75 bits per heavy atom. The van der Waals surface area contributed by atoms with E-state index in [1.807, 2.05) is 12.1 Å². The van der Waals surface area contributed by atoms with Crippen LogP contribution in [0.4, 0.5) is 5.69 Å². The number of hydrogen-bond acceptors (Lipinski definition) is 3. The van der Waals surface area contributed by atoms with Crippen LogP contribution >= 0.6 is 23.8 Å². The van der Waals surface area contributed by atoms with E-state index in [9.17, 15) is 0 Å². The summed E-state index contributed by atoms with van der Waals surface area (Å²) >= 11 is 11.2. The van der Waals surface area contributed by atoms with Gasteiger partial charge in [-0.2, -0.15) is 0 Å². The van der Waals surface area contributed by atoms with Gasteiger partial charge in [0.15, 0.2) is 5.11 Å². The van der Waals surface area contributed by atoms with Gasteiger partial charge in [-0.1, -0.05) is 11.6 Å². The molecule has 1 aromatic heterocycles. The summed E-state index contributed by atoms with van der Waals surface area (Å²) < 4.78 is 5.25. The number of nitrogens with one attached hydrogen (secondary N) is 2. The Hall–Kier alpha value is -1.85. The molecule has 1 heterocycles. The molecule has 0 atom stereocenters. The highest BCUT2D eigenvalue weighted by Gasteiger charge is 2.05. The van der Waals surface area contributed by atoms with Crippen molar-refractivity contribution >= 4 is 34.6 Å². The predicted octanol–water partition coefficient (Wildman–Crippen LogP) is 3.23. The number of nitrogens with zero attached hydrogens (tertiary/aromatic N) is 1. The lowest BCUT2D eigenvalue weighted by Gasteiger charge is -2.13. The third kappa shape index (κ3) is 4.08. The van der Waals surface area contributed by atoms with Gasteiger partial charge in [0, 0.05) is 24.0 Å². The number of aromatic nitrogens is 1. The number of ether oxygens (including phenoxy) is 1. The number of halogens is 1. The first kappa shape index (κ1) is 14.6. The molecule has 4 nitrogen and oxygen atoms in total. The monoisotopic (exact) mass is 307 g/mol. The molecule has 6 heteroatoms. The summed E-state index contributed by atoms with van der Waals surface area (Å²) in [6.07, 6.45) is 3.49. The molecule has 0 radical (unpaired) electrons. The molecule has 1 aromatic carbocycles. The number of methoxy groups -OCH3 is 1. The number of pyridine rings is 1. The molecule has 0 amide bonds. The van der Waals surface area contributed by atoms with Crippen LogP contribution in [-0.2, 0) is 6.54 Å². The van der Waals surface area contributed by atoms with Crippen LogP contribution in [-0.4, -0.2) is 17.2 Å². The summed E-state index contributed by atoms with van der Waals surface area (Å²) in [6, 6.07) is 9.17. The summed E-state index contributed by atoms with van der Waals surface area (Å²) in [4.78, 5) is 3.97. The predicted molar refractivity (Wildman–Crippen MR) is 85.3 cm³/mol. The van der Waals surface area contributed by atoms with Gasteiger partial charge in [0.2, 0.25) is 0 Å². The van der Waals surface area contributed by atoms with Crippen LogP contribution in [0.15, 0.2) is 42.7 Å². The Bertz CT molecular complexity index is 592. The molecule has 0 fully saturated rings. The number of anilines is 1. The average molecular weight is 308 g/mol. The van der Waals surface area contributed by atoms with Gasteiger partial charge in [0.25, 0.3) is 0 Å². The van der Waals surface area contributed by atoms with Gasteiger partial charge in [-0.3, -0.25) is 4.98 Å². The van der Waals surface area contributed by atoms with Crippen molar-refractivity contribution in [2.45, 2.75) is 6.54 Å². The minimum atomic E-state index is 0.502. The number of benzene rings is 1. The largest absolute Gasteiger partial charge is 0.495 e. The van der Waals surface area contributed by atoms with Gasteiger partial charge >= 0.3 is 0 Å². The molecule has 0 unspecified atom stereocenters. The zero-order chi connectivity index (χ0) is 14.4. The van der Waals surface area contributed by atoms with Crippen LogP contribution < -0.4 is 15.4 Å². The Balaban J connectivity index is 1.96. The third-order valence-electron chi connectivity index (χ3n) is 2.61. The molecular formula is C14H14ClN3OS. The van der Waals surface area contributed by atoms with E-state index in [0.717, 1.165) is 11.3 Å². The molecule has 0 saturated carbocycles. The number of thiocarbonyl (C=S) groups is 1. The van der Waals surface area contributed by atoms with E-state index >= 15 is 0 Å². The Morgan fingerprint density at radius 1 is 1.30 bits per heavy atom. The Labute approximate surface area is 128 Å². The van der Waals surface area contributed by atoms with Crippen molar-refractivity contribution in [1.82, 2.24) is 10.3 Å². The van der Waals surface area contributed by atoms with Gasteiger partial charge in [0.1, 0.15) is 5.75 Å². The van der Waals surface area contributed by atoms with Crippen LogP contribution in [0, 0.1) is 0 Å². The van der Waals surface area contributed by atoms with E-state index in [2.05, 4.69) is 15.6 Å². The summed E-state index contributed by atoms with van der Waals surface area (Å²) in [5.74, 6) is 0.683. The maximum Gasteiger partial charge on any atom is 0.171 e. The first-order valence-corrected chi connectivity index (χ1v) is 6.75. The molecule has 2 N–H and O–H groups in total. The fourth-order valence-electron chi connectivity index (χ4n) is 1.63.